The van der Waals surface area contributed by atoms with Crippen molar-refractivity contribution in [1.82, 2.24) is 15.5 Å². The lowest BCUT2D eigenvalue weighted by Crippen LogP contribution is -2.49. The zero-order chi connectivity index (χ0) is 17.6. The summed E-state index contributed by atoms with van der Waals surface area (Å²) < 4.78 is 5.73. The smallest absolute Gasteiger partial charge is 0.237 e. The summed E-state index contributed by atoms with van der Waals surface area (Å²) in [6.07, 6.45) is 2.00. The molecule has 6 nitrogen and oxygen atoms in total. The average molecular weight is 368 g/mol. The van der Waals surface area contributed by atoms with Gasteiger partial charge in [0.25, 0.3) is 0 Å². The highest BCUT2D eigenvalue weighted by Crippen LogP contribution is 2.16. The molecule has 2 saturated heterocycles. The van der Waals surface area contributed by atoms with Crippen molar-refractivity contribution < 1.29 is 14.6 Å². The number of ether oxygens (including phenoxy) is 1. The summed E-state index contributed by atoms with van der Waals surface area (Å²) in [6.45, 7) is 3.93. The molecule has 1 aromatic rings. The van der Waals surface area contributed by atoms with E-state index in [2.05, 4.69) is 15.5 Å². The molecular weight excluding hydrogens is 342 g/mol. The molecule has 0 saturated carbocycles. The maximum Gasteiger partial charge on any atom is 0.237 e. The number of nitrogens with one attached hydrogen (secondary N) is 2. The monoisotopic (exact) mass is 367 g/mol. The number of benzene rings is 1. The number of hydrogen-bond donors (Lipinski definition) is 3. The quantitative estimate of drug-likeness (QED) is 0.700. The fourth-order valence-electron chi connectivity index (χ4n) is 3.34. The van der Waals surface area contributed by atoms with E-state index in [0.717, 1.165) is 38.2 Å². The molecule has 25 heavy (non-hydrogen) atoms. The molecule has 3 rings (SSSR count). The number of piperidine rings is 1. The normalized spacial score (nSPS) is 25.0. The lowest BCUT2D eigenvalue weighted by Gasteiger charge is -2.32. The number of likely N-dealkylation sites (tertiary alicyclic amines) is 1. The fourth-order valence-corrected chi connectivity index (χ4v) is 3.47. The van der Waals surface area contributed by atoms with Crippen LogP contribution in [-0.2, 0) is 4.79 Å². The molecule has 3 N–H and O–H groups in total. The molecule has 0 spiro atoms. The van der Waals surface area contributed by atoms with E-state index in [1.807, 2.05) is 24.3 Å². The van der Waals surface area contributed by atoms with Crippen molar-refractivity contribution in [3.05, 3.63) is 29.3 Å². The Labute approximate surface area is 153 Å². The number of β-amino-alcohol motifs (C(OH)–C–C–N with tert-alkyl or cyclic N) is 1. The zero-order valence-corrected chi connectivity index (χ0v) is 15.0. The standard InChI is InChI=1S/C18H26ClN3O3/c19-13-1-3-16(4-2-13)25-10-9-22-7-5-14(6-8-22)21-18(24)17-11-15(23)12-20-17/h1-4,14-15,17,20,23H,5-12H2,(H,21,24)/t15-,17-/m0/s1. The molecule has 2 aliphatic heterocycles. The summed E-state index contributed by atoms with van der Waals surface area (Å²) in [7, 11) is 0. The SMILES string of the molecule is O=C(NC1CCN(CCOc2ccc(Cl)cc2)CC1)[C@@H]1C[C@H](O)CN1. The van der Waals surface area contributed by atoms with Crippen molar-refractivity contribution in [2.24, 2.45) is 0 Å². The largest absolute Gasteiger partial charge is 0.492 e. The van der Waals surface area contributed by atoms with Crippen LogP contribution < -0.4 is 15.4 Å². The first-order valence-electron chi connectivity index (χ1n) is 8.92. The van der Waals surface area contributed by atoms with Crippen molar-refractivity contribution in [1.29, 1.82) is 0 Å². The number of hydrogen-bond acceptors (Lipinski definition) is 5. The number of carbonyl (C=O) groups is 1. The highest BCUT2D eigenvalue weighted by Gasteiger charge is 2.30. The lowest BCUT2D eigenvalue weighted by molar-refractivity contribution is -0.124. The highest BCUT2D eigenvalue weighted by atomic mass is 35.5. The van der Waals surface area contributed by atoms with Crippen molar-refractivity contribution >= 4 is 17.5 Å². The van der Waals surface area contributed by atoms with Crippen molar-refractivity contribution in [3.63, 3.8) is 0 Å². The van der Waals surface area contributed by atoms with E-state index in [9.17, 15) is 9.90 Å². The second kappa shape index (κ2) is 8.85. The topological polar surface area (TPSA) is 73.8 Å². The minimum atomic E-state index is -0.404. The number of halogens is 1. The van der Waals surface area contributed by atoms with Crippen molar-refractivity contribution in [3.8, 4) is 5.75 Å². The van der Waals surface area contributed by atoms with Crippen LogP contribution in [0.1, 0.15) is 19.3 Å². The van der Waals surface area contributed by atoms with Gasteiger partial charge < -0.3 is 20.5 Å². The molecule has 2 fully saturated rings. The molecular formula is C18H26ClN3O3. The van der Waals surface area contributed by atoms with Crippen LogP contribution >= 0.6 is 11.6 Å². The first-order chi connectivity index (χ1) is 12.1. The summed E-state index contributed by atoms with van der Waals surface area (Å²) in [4.78, 5) is 14.5. The number of rotatable bonds is 6. The van der Waals surface area contributed by atoms with Crippen molar-refractivity contribution in [2.45, 2.75) is 37.5 Å². The van der Waals surface area contributed by atoms with Gasteiger partial charge in [-0.15, -0.1) is 0 Å². The lowest BCUT2D eigenvalue weighted by atomic mass is 10.0. The number of amides is 1. The van der Waals surface area contributed by atoms with Crippen LogP contribution in [0.5, 0.6) is 5.75 Å². The molecule has 0 bridgehead atoms. The molecule has 0 aromatic heterocycles. The molecule has 7 heteroatoms. The van der Waals surface area contributed by atoms with E-state index in [1.54, 1.807) is 0 Å². The van der Waals surface area contributed by atoms with Crippen LogP contribution in [-0.4, -0.2) is 66.9 Å². The Morgan fingerprint density at radius 1 is 1.32 bits per heavy atom. The van der Waals surface area contributed by atoms with Gasteiger partial charge in [0.2, 0.25) is 5.91 Å². The summed E-state index contributed by atoms with van der Waals surface area (Å²) >= 11 is 5.86. The minimum Gasteiger partial charge on any atom is -0.492 e. The molecule has 2 aliphatic rings. The van der Waals surface area contributed by atoms with Gasteiger partial charge in [0.1, 0.15) is 12.4 Å². The second-order valence-corrected chi connectivity index (χ2v) is 7.21. The van der Waals surface area contributed by atoms with Crippen LogP contribution in [0.4, 0.5) is 0 Å². The third-order valence-corrected chi connectivity index (χ3v) is 5.10. The van der Waals surface area contributed by atoms with Gasteiger partial charge in [0.05, 0.1) is 12.1 Å². The summed E-state index contributed by atoms with van der Waals surface area (Å²) in [6, 6.07) is 7.36. The van der Waals surface area contributed by atoms with Crippen molar-refractivity contribution in [2.75, 3.05) is 32.8 Å². The van der Waals surface area contributed by atoms with E-state index in [1.165, 1.54) is 0 Å². The minimum absolute atomic E-state index is 0.0149. The van der Waals surface area contributed by atoms with Crippen LogP contribution in [0.25, 0.3) is 0 Å². The first-order valence-corrected chi connectivity index (χ1v) is 9.30. The molecule has 0 aliphatic carbocycles. The molecule has 138 valence electrons. The maximum absolute atomic E-state index is 12.2. The van der Waals surface area contributed by atoms with Gasteiger partial charge in [-0.25, -0.2) is 0 Å². The Morgan fingerprint density at radius 2 is 2.04 bits per heavy atom. The van der Waals surface area contributed by atoms with Gasteiger partial charge in [0, 0.05) is 37.2 Å². The molecule has 2 heterocycles. The summed E-state index contributed by atoms with van der Waals surface area (Å²) in [5.41, 5.74) is 0. The molecule has 0 radical (unpaired) electrons. The molecule has 1 amide bonds. The zero-order valence-electron chi connectivity index (χ0n) is 14.3. The van der Waals surface area contributed by atoms with Gasteiger partial charge in [-0.3, -0.25) is 9.69 Å². The van der Waals surface area contributed by atoms with Crippen LogP contribution in [0.15, 0.2) is 24.3 Å². The van der Waals surface area contributed by atoms with Crippen LogP contribution in [0, 0.1) is 0 Å². The Kier molecular flexibility index (Phi) is 6.53. The maximum atomic E-state index is 12.2. The van der Waals surface area contributed by atoms with Gasteiger partial charge in [-0.2, -0.15) is 0 Å². The van der Waals surface area contributed by atoms with Gasteiger partial charge in [-0.1, -0.05) is 11.6 Å². The van der Waals surface area contributed by atoms with Gasteiger partial charge in [0.15, 0.2) is 0 Å². The first kappa shape index (κ1) is 18.5. The molecule has 0 unspecified atom stereocenters. The highest BCUT2D eigenvalue weighted by molar-refractivity contribution is 6.30. The van der Waals surface area contributed by atoms with E-state index in [-0.39, 0.29) is 18.0 Å². The number of carbonyl (C=O) groups excluding carboxylic acids is 1. The second-order valence-electron chi connectivity index (χ2n) is 6.78. The average Bonchev–Trinajstić information content (AvgIpc) is 3.05. The number of aliphatic hydroxyl groups is 1. The Hall–Kier alpha value is -1.34. The number of nitrogens with zero attached hydrogens (tertiary/aromatic N) is 1. The summed E-state index contributed by atoms with van der Waals surface area (Å²) in [5, 5.41) is 16.4. The van der Waals surface area contributed by atoms with E-state index in [4.69, 9.17) is 16.3 Å². The number of aliphatic hydroxyl groups excluding tert-OH is 1. The predicted molar refractivity (Wildman–Crippen MR) is 97.0 cm³/mol. The fraction of sp³-hybridized carbons (Fsp3) is 0.611. The third kappa shape index (κ3) is 5.57. The molecule has 1 aromatic carbocycles. The Bertz CT molecular complexity index is 561. The van der Waals surface area contributed by atoms with Gasteiger partial charge in [-0.05, 0) is 43.5 Å². The third-order valence-electron chi connectivity index (χ3n) is 4.85. The van der Waals surface area contributed by atoms with E-state index >= 15 is 0 Å². The molecule has 2 atom stereocenters. The predicted octanol–water partition coefficient (Wildman–Crippen LogP) is 1.02. The van der Waals surface area contributed by atoms with Gasteiger partial charge >= 0.3 is 0 Å². The van der Waals surface area contributed by atoms with E-state index < -0.39 is 6.10 Å². The van der Waals surface area contributed by atoms with E-state index in [0.29, 0.717) is 24.6 Å². The van der Waals surface area contributed by atoms with Crippen LogP contribution in [0.2, 0.25) is 5.02 Å². The van der Waals surface area contributed by atoms with Crippen LogP contribution in [0.3, 0.4) is 0 Å². The Morgan fingerprint density at radius 3 is 2.68 bits per heavy atom. The Balaban J connectivity index is 1.32. The summed E-state index contributed by atoms with van der Waals surface area (Å²) in [5.74, 6) is 0.846.